The molecule has 0 bridgehead atoms. The number of imidazole rings is 1. The first kappa shape index (κ1) is 22.9. The largest absolute Gasteiger partial charge is 0.493 e. The number of para-hydroxylation sites is 2. The first-order valence-electron chi connectivity index (χ1n) is 11.2. The van der Waals surface area contributed by atoms with Gasteiger partial charge in [0.05, 0.1) is 17.6 Å². The summed E-state index contributed by atoms with van der Waals surface area (Å²) >= 11 is 0. The second-order valence-corrected chi connectivity index (χ2v) is 9.25. The topological polar surface area (TPSA) is 56.1 Å². The van der Waals surface area contributed by atoms with E-state index >= 15 is 0 Å². The number of hydrogen-bond donors (Lipinski definition) is 1. The lowest BCUT2D eigenvalue weighted by molar-refractivity contribution is -0.128. The van der Waals surface area contributed by atoms with E-state index in [0.717, 1.165) is 48.4 Å². The maximum Gasteiger partial charge on any atom is 0.225 e. The van der Waals surface area contributed by atoms with Gasteiger partial charge in [-0.2, -0.15) is 0 Å². The summed E-state index contributed by atoms with van der Waals surface area (Å²) in [7, 11) is 0. The minimum atomic E-state index is -0.358. The molecule has 1 aromatic heterocycles. The van der Waals surface area contributed by atoms with Crippen LogP contribution in [-0.2, 0) is 17.8 Å². The zero-order valence-corrected chi connectivity index (χ0v) is 19.5. The minimum absolute atomic E-state index is 0.0875. The number of carbonyl (C=O) groups is 1. The van der Waals surface area contributed by atoms with E-state index in [1.165, 1.54) is 11.1 Å². The smallest absolute Gasteiger partial charge is 0.225 e. The summed E-state index contributed by atoms with van der Waals surface area (Å²) in [4.78, 5) is 16.9. The minimum Gasteiger partial charge on any atom is -0.493 e. The summed E-state index contributed by atoms with van der Waals surface area (Å²) < 4.78 is 8.32. The van der Waals surface area contributed by atoms with Crippen LogP contribution >= 0.6 is 0 Å². The van der Waals surface area contributed by atoms with Gasteiger partial charge < -0.3 is 14.6 Å². The van der Waals surface area contributed by atoms with E-state index in [-0.39, 0.29) is 11.3 Å². The molecule has 0 aliphatic heterocycles. The van der Waals surface area contributed by atoms with Gasteiger partial charge in [-0.05, 0) is 50.5 Å². The molecule has 3 aromatic rings. The van der Waals surface area contributed by atoms with Crippen LogP contribution in [0.2, 0.25) is 0 Å². The zero-order valence-electron chi connectivity index (χ0n) is 19.5. The Bertz CT molecular complexity index is 1030. The van der Waals surface area contributed by atoms with Gasteiger partial charge in [0.1, 0.15) is 11.6 Å². The maximum atomic E-state index is 12.1. The van der Waals surface area contributed by atoms with Crippen molar-refractivity contribution in [3.05, 3.63) is 59.4 Å². The van der Waals surface area contributed by atoms with Crippen LogP contribution in [0, 0.1) is 19.3 Å². The SMILES string of the molecule is Cc1ccc(OCCCn2c(CCCNC(=O)C(C)(C)C)nc3ccccc32)c(C)c1. The van der Waals surface area contributed by atoms with Gasteiger partial charge in [0.25, 0.3) is 0 Å². The zero-order chi connectivity index (χ0) is 22.4. The average Bonchev–Trinajstić information content (AvgIpc) is 3.06. The highest BCUT2D eigenvalue weighted by molar-refractivity contribution is 5.81. The molecular weight excluding hydrogens is 386 g/mol. The summed E-state index contributed by atoms with van der Waals surface area (Å²) in [6.07, 6.45) is 2.60. The Balaban J connectivity index is 1.59. The number of fused-ring (bicyclic) bond motifs is 1. The van der Waals surface area contributed by atoms with Crippen molar-refractivity contribution in [3.8, 4) is 5.75 Å². The van der Waals surface area contributed by atoms with E-state index in [2.05, 4.69) is 60.1 Å². The molecule has 3 rings (SSSR count). The average molecular weight is 422 g/mol. The summed E-state index contributed by atoms with van der Waals surface area (Å²) in [6, 6.07) is 14.5. The molecule has 0 aliphatic carbocycles. The molecule has 5 heteroatoms. The predicted octanol–water partition coefficient (Wildman–Crippen LogP) is 5.22. The Hall–Kier alpha value is -2.82. The summed E-state index contributed by atoms with van der Waals surface area (Å²) in [6.45, 7) is 12.2. The number of aryl methyl sites for hydroxylation is 4. The van der Waals surface area contributed by atoms with E-state index in [1.54, 1.807) is 0 Å². The number of rotatable bonds is 9. The molecule has 1 heterocycles. The fraction of sp³-hybridized carbons (Fsp3) is 0.462. The number of carbonyl (C=O) groups excluding carboxylic acids is 1. The molecule has 0 spiro atoms. The van der Waals surface area contributed by atoms with Crippen LogP contribution in [0.1, 0.15) is 50.6 Å². The van der Waals surface area contributed by atoms with Crippen LogP contribution in [0.4, 0.5) is 0 Å². The van der Waals surface area contributed by atoms with Crippen LogP contribution in [0.5, 0.6) is 5.75 Å². The van der Waals surface area contributed by atoms with Gasteiger partial charge in [-0.25, -0.2) is 4.98 Å². The maximum absolute atomic E-state index is 12.1. The van der Waals surface area contributed by atoms with Crippen LogP contribution < -0.4 is 10.1 Å². The second kappa shape index (κ2) is 9.99. The number of nitrogens with zero attached hydrogens (tertiary/aromatic N) is 2. The van der Waals surface area contributed by atoms with E-state index in [9.17, 15) is 4.79 Å². The molecule has 1 N–H and O–H groups in total. The monoisotopic (exact) mass is 421 g/mol. The van der Waals surface area contributed by atoms with Gasteiger partial charge in [0.2, 0.25) is 5.91 Å². The molecule has 0 saturated heterocycles. The molecule has 1 amide bonds. The molecule has 0 atom stereocenters. The number of ether oxygens (including phenoxy) is 1. The molecule has 2 aromatic carbocycles. The lowest BCUT2D eigenvalue weighted by atomic mass is 9.96. The highest BCUT2D eigenvalue weighted by Crippen LogP contribution is 2.20. The van der Waals surface area contributed by atoms with Crippen molar-refractivity contribution in [1.82, 2.24) is 14.9 Å². The van der Waals surface area contributed by atoms with Crippen LogP contribution in [0.3, 0.4) is 0 Å². The number of benzene rings is 2. The van der Waals surface area contributed by atoms with Gasteiger partial charge >= 0.3 is 0 Å². The van der Waals surface area contributed by atoms with Gasteiger partial charge in [0, 0.05) is 24.9 Å². The highest BCUT2D eigenvalue weighted by atomic mass is 16.5. The summed E-state index contributed by atoms with van der Waals surface area (Å²) in [5, 5.41) is 3.03. The molecule has 0 fully saturated rings. The van der Waals surface area contributed by atoms with E-state index in [0.29, 0.717) is 13.2 Å². The van der Waals surface area contributed by atoms with Crippen LogP contribution in [0.15, 0.2) is 42.5 Å². The molecule has 5 nitrogen and oxygen atoms in total. The number of aromatic nitrogens is 2. The van der Waals surface area contributed by atoms with Crippen molar-refractivity contribution in [1.29, 1.82) is 0 Å². The quantitative estimate of drug-likeness (QED) is 0.482. The Morgan fingerprint density at radius 3 is 2.61 bits per heavy atom. The van der Waals surface area contributed by atoms with Crippen molar-refractivity contribution >= 4 is 16.9 Å². The Morgan fingerprint density at radius 2 is 1.87 bits per heavy atom. The van der Waals surface area contributed by atoms with Crippen LogP contribution in [0.25, 0.3) is 11.0 Å². The van der Waals surface area contributed by atoms with Crippen molar-refractivity contribution in [2.45, 2.75) is 60.4 Å². The lowest BCUT2D eigenvalue weighted by Crippen LogP contribution is -2.35. The van der Waals surface area contributed by atoms with Gasteiger partial charge in [-0.3, -0.25) is 4.79 Å². The fourth-order valence-electron chi connectivity index (χ4n) is 3.65. The van der Waals surface area contributed by atoms with E-state index < -0.39 is 0 Å². The molecule has 0 unspecified atom stereocenters. The predicted molar refractivity (Wildman–Crippen MR) is 127 cm³/mol. The third kappa shape index (κ3) is 6.09. The molecule has 0 saturated carbocycles. The van der Waals surface area contributed by atoms with Gasteiger partial charge in [-0.15, -0.1) is 0 Å². The third-order valence-electron chi connectivity index (χ3n) is 5.39. The number of hydrogen-bond acceptors (Lipinski definition) is 3. The van der Waals surface area contributed by atoms with Crippen molar-refractivity contribution in [2.24, 2.45) is 5.41 Å². The summed E-state index contributed by atoms with van der Waals surface area (Å²) in [5.74, 6) is 2.11. The standard InChI is InChI=1S/C26H35N3O2/c1-19-13-14-23(20(2)18-19)31-17-9-16-29-22-11-7-6-10-21(22)28-24(29)12-8-15-27-25(30)26(3,4)5/h6-7,10-11,13-14,18H,8-9,12,15-17H2,1-5H3,(H,27,30). The van der Waals surface area contributed by atoms with Gasteiger partial charge in [-0.1, -0.05) is 50.6 Å². The normalized spacial score (nSPS) is 11.6. The Morgan fingerprint density at radius 1 is 1.10 bits per heavy atom. The number of amides is 1. The van der Waals surface area contributed by atoms with E-state index in [1.807, 2.05) is 26.8 Å². The van der Waals surface area contributed by atoms with Crippen LogP contribution in [-0.4, -0.2) is 28.6 Å². The molecule has 166 valence electrons. The first-order chi connectivity index (χ1) is 14.8. The van der Waals surface area contributed by atoms with Crippen molar-refractivity contribution < 1.29 is 9.53 Å². The molecular formula is C26H35N3O2. The Labute approximate surface area is 185 Å². The molecule has 31 heavy (non-hydrogen) atoms. The van der Waals surface area contributed by atoms with E-state index in [4.69, 9.17) is 9.72 Å². The highest BCUT2D eigenvalue weighted by Gasteiger charge is 2.20. The molecule has 0 aliphatic rings. The molecule has 0 radical (unpaired) electrons. The third-order valence-corrected chi connectivity index (χ3v) is 5.39. The summed E-state index contributed by atoms with van der Waals surface area (Å²) in [5.41, 5.74) is 4.24. The first-order valence-corrected chi connectivity index (χ1v) is 11.2. The fourth-order valence-corrected chi connectivity index (χ4v) is 3.65. The van der Waals surface area contributed by atoms with Crippen molar-refractivity contribution in [3.63, 3.8) is 0 Å². The van der Waals surface area contributed by atoms with Gasteiger partial charge in [0.15, 0.2) is 0 Å². The lowest BCUT2D eigenvalue weighted by Gasteiger charge is -2.17. The second-order valence-electron chi connectivity index (χ2n) is 9.25. The number of nitrogens with one attached hydrogen (secondary N) is 1. The Kier molecular flexibility index (Phi) is 7.37. The van der Waals surface area contributed by atoms with Crippen molar-refractivity contribution in [2.75, 3.05) is 13.2 Å².